The van der Waals surface area contributed by atoms with E-state index in [1.807, 2.05) is 18.5 Å². The van der Waals surface area contributed by atoms with Crippen LogP contribution in [0.5, 0.6) is 0 Å². The lowest BCUT2D eigenvalue weighted by Gasteiger charge is -2.13. The minimum Gasteiger partial charge on any atom is -0.389 e. The molecule has 2 aromatic rings. The summed E-state index contributed by atoms with van der Waals surface area (Å²) in [7, 11) is 0. The van der Waals surface area contributed by atoms with Crippen LogP contribution in [-0.4, -0.2) is 19.6 Å². The minimum atomic E-state index is -0.469. The molecule has 1 aliphatic carbocycles. The molecule has 18 heavy (non-hydrogen) atoms. The predicted octanol–water partition coefficient (Wildman–Crippen LogP) is 2.20. The van der Waals surface area contributed by atoms with Crippen molar-refractivity contribution in [2.24, 2.45) is 0 Å². The molecule has 0 spiro atoms. The summed E-state index contributed by atoms with van der Waals surface area (Å²) in [6.45, 7) is 1.75. The maximum absolute atomic E-state index is 9.48. The number of fused-ring (bicyclic) bond motifs is 1. The second kappa shape index (κ2) is 4.53. The van der Waals surface area contributed by atoms with Crippen LogP contribution in [0.3, 0.4) is 0 Å². The zero-order valence-corrected chi connectivity index (χ0v) is 10.5. The third kappa shape index (κ3) is 1.93. The number of nitrogens with zero attached hydrogens (tertiary/aromatic N) is 3. The first-order valence-electron chi connectivity index (χ1n) is 6.45. The van der Waals surface area contributed by atoms with Gasteiger partial charge in [0, 0.05) is 11.9 Å². The van der Waals surface area contributed by atoms with Crippen LogP contribution in [0.4, 0.5) is 0 Å². The van der Waals surface area contributed by atoms with Gasteiger partial charge in [0.2, 0.25) is 0 Å². The number of aliphatic hydroxyl groups excluding tert-OH is 1. The van der Waals surface area contributed by atoms with E-state index in [2.05, 4.69) is 14.5 Å². The highest BCUT2D eigenvalue weighted by atomic mass is 16.3. The number of pyridine rings is 1. The molecule has 0 aliphatic heterocycles. The summed E-state index contributed by atoms with van der Waals surface area (Å²) in [6, 6.07) is 3.86. The average Bonchev–Trinajstić information content (AvgIpc) is 2.82. The number of rotatable bonds is 2. The molecule has 0 saturated heterocycles. The number of aryl methyl sites for hydroxylation is 1. The molecule has 3 rings (SSSR count). The second-order valence-corrected chi connectivity index (χ2v) is 4.84. The summed E-state index contributed by atoms with van der Waals surface area (Å²) in [5.74, 6) is 0.884. The first-order chi connectivity index (χ1) is 8.75. The van der Waals surface area contributed by atoms with Crippen molar-refractivity contribution < 1.29 is 5.11 Å². The van der Waals surface area contributed by atoms with Gasteiger partial charge in [0.05, 0.1) is 11.8 Å². The highest BCUT2D eigenvalue weighted by Crippen LogP contribution is 2.22. The lowest BCUT2D eigenvalue weighted by molar-refractivity contribution is 0.199. The van der Waals surface area contributed by atoms with Gasteiger partial charge in [-0.25, -0.2) is 9.97 Å². The Morgan fingerprint density at radius 3 is 2.78 bits per heavy atom. The fourth-order valence-corrected chi connectivity index (χ4v) is 2.45. The van der Waals surface area contributed by atoms with Gasteiger partial charge >= 0.3 is 0 Å². The van der Waals surface area contributed by atoms with Crippen molar-refractivity contribution in [3.8, 4) is 5.82 Å². The minimum absolute atomic E-state index is 0.469. The van der Waals surface area contributed by atoms with Crippen LogP contribution in [0, 0.1) is 0 Å². The van der Waals surface area contributed by atoms with Gasteiger partial charge in [0.1, 0.15) is 12.1 Å². The second-order valence-electron chi connectivity index (χ2n) is 4.84. The highest BCUT2D eigenvalue weighted by Gasteiger charge is 2.16. The Hall–Kier alpha value is -1.68. The molecule has 0 bridgehead atoms. The Balaban J connectivity index is 1.97. The van der Waals surface area contributed by atoms with Gasteiger partial charge in [0.15, 0.2) is 0 Å². The molecule has 0 fully saturated rings. The first kappa shape index (κ1) is 11.4. The Labute approximate surface area is 106 Å². The summed E-state index contributed by atoms with van der Waals surface area (Å²) in [4.78, 5) is 8.88. The zero-order chi connectivity index (χ0) is 12.5. The van der Waals surface area contributed by atoms with E-state index in [1.165, 1.54) is 24.2 Å². The molecule has 4 nitrogen and oxygen atoms in total. The van der Waals surface area contributed by atoms with E-state index in [-0.39, 0.29) is 0 Å². The highest BCUT2D eigenvalue weighted by molar-refractivity contribution is 5.31. The van der Waals surface area contributed by atoms with E-state index in [9.17, 15) is 5.11 Å². The van der Waals surface area contributed by atoms with Crippen molar-refractivity contribution in [1.82, 2.24) is 14.5 Å². The first-order valence-corrected chi connectivity index (χ1v) is 6.45. The third-order valence-electron chi connectivity index (χ3n) is 3.53. The van der Waals surface area contributed by atoms with Crippen molar-refractivity contribution in [2.75, 3.05) is 0 Å². The topological polar surface area (TPSA) is 50.9 Å². The zero-order valence-electron chi connectivity index (χ0n) is 10.5. The van der Waals surface area contributed by atoms with Crippen molar-refractivity contribution >= 4 is 0 Å². The number of aromatic nitrogens is 3. The molecule has 0 saturated carbocycles. The monoisotopic (exact) mass is 243 g/mol. The van der Waals surface area contributed by atoms with E-state index in [1.54, 1.807) is 13.1 Å². The van der Waals surface area contributed by atoms with E-state index in [0.717, 1.165) is 24.2 Å². The summed E-state index contributed by atoms with van der Waals surface area (Å²) in [5, 5.41) is 9.48. The molecule has 94 valence electrons. The molecule has 2 heterocycles. The van der Waals surface area contributed by atoms with Gasteiger partial charge in [-0.05, 0) is 44.2 Å². The van der Waals surface area contributed by atoms with Gasteiger partial charge in [0.25, 0.3) is 0 Å². The maximum Gasteiger partial charge on any atom is 0.138 e. The molecule has 1 aliphatic rings. The summed E-state index contributed by atoms with van der Waals surface area (Å²) in [6.07, 6.45) is 7.74. The summed E-state index contributed by atoms with van der Waals surface area (Å²) in [5.41, 5.74) is 3.34. The average molecular weight is 243 g/mol. The van der Waals surface area contributed by atoms with Gasteiger partial charge in [-0.1, -0.05) is 6.07 Å². The molecule has 0 aromatic carbocycles. The fraction of sp³-hybridized carbons (Fsp3) is 0.429. The molecule has 0 radical (unpaired) electrons. The van der Waals surface area contributed by atoms with Crippen LogP contribution in [-0.2, 0) is 12.8 Å². The van der Waals surface area contributed by atoms with E-state index in [4.69, 9.17) is 0 Å². The Morgan fingerprint density at radius 2 is 2.06 bits per heavy atom. The van der Waals surface area contributed by atoms with Crippen LogP contribution in [0.2, 0.25) is 0 Å². The van der Waals surface area contributed by atoms with Gasteiger partial charge in [-0.2, -0.15) is 0 Å². The summed E-state index contributed by atoms with van der Waals surface area (Å²) < 4.78 is 2.07. The number of hydrogen-bond acceptors (Lipinski definition) is 3. The van der Waals surface area contributed by atoms with Gasteiger partial charge in [-0.3, -0.25) is 4.57 Å². The molecular weight excluding hydrogens is 226 g/mol. The molecular formula is C14H17N3O. The van der Waals surface area contributed by atoms with Crippen LogP contribution >= 0.6 is 0 Å². The maximum atomic E-state index is 9.48. The van der Waals surface area contributed by atoms with E-state index < -0.39 is 6.10 Å². The molecule has 4 heteroatoms. The van der Waals surface area contributed by atoms with E-state index in [0.29, 0.717) is 0 Å². The smallest absolute Gasteiger partial charge is 0.138 e. The number of imidazole rings is 1. The standard InChI is InChI=1S/C14H17N3O/c1-10(18)11-6-7-14(15-8-11)17-9-16-12-4-2-3-5-13(12)17/h6-10,18H,2-5H2,1H3/t10-/m0/s1. The molecule has 0 amide bonds. The molecule has 1 N–H and O–H groups in total. The number of aliphatic hydroxyl groups is 1. The van der Waals surface area contributed by atoms with Crippen molar-refractivity contribution in [3.05, 3.63) is 41.6 Å². The summed E-state index contributed by atoms with van der Waals surface area (Å²) >= 11 is 0. The molecule has 2 aromatic heterocycles. The Kier molecular flexibility index (Phi) is 2.88. The lowest BCUT2D eigenvalue weighted by Crippen LogP contribution is -2.08. The quantitative estimate of drug-likeness (QED) is 0.879. The Bertz CT molecular complexity index is 543. The third-order valence-corrected chi connectivity index (χ3v) is 3.53. The van der Waals surface area contributed by atoms with E-state index >= 15 is 0 Å². The van der Waals surface area contributed by atoms with Crippen molar-refractivity contribution in [3.63, 3.8) is 0 Å². The van der Waals surface area contributed by atoms with Crippen LogP contribution in [0.1, 0.15) is 42.8 Å². The molecule has 1 atom stereocenters. The lowest BCUT2D eigenvalue weighted by atomic mass is 10.0. The van der Waals surface area contributed by atoms with Gasteiger partial charge in [-0.15, -0.1) is 0 Å². The van der Waals surface area contributed by atoms with Crippen LogP contribution in [0.25, 0.3) is 5.82 Å². The van der Waals surface area contributed by atoms with Crippen LogP contribution < -0.4 is 0 Å². The predicted molar refractivity (Wildman–Crippen MR) is 68.6 cm³/mol. The molecule has 0 unspecified atom stereocenters. The van der Waals surface area contributed by atoms with Crippen molar-refractivity contribution in [1.29, 1.82) is 0 Å². The van der Waals surface area contributed by atoms with Crippen LogP contribution in [0.15, 0.2) is 24.7 Å². The number of hydrogen-bond donors (Lipinski definition) is 1. The Morgan fingerprint density at radius 1 is 1.22 bits per heavy atom. The van der Waals surface area contributed by atoms with Crippen molar-refractivity contribution in [2.45, 2.75) is 38.7 Å². The normalized spacial score (nSPS) is 16.3. The largest absolute Gasteiger partial charge is 0.389 e. The fourth-order valence-electron chi connectivity index (χ4n) is 2.45. The van der Waals surface area contributed by atoms with Gasteiger partial charge < -0.3 is 5.11 Å². The SMILES string of the molecule is C[C@H](O)c1ccc(-n2cnc3c2CCCC3)nc1.